The summed E-state index contributed by atoms with van der Waals surface area (Å²) >= 11 is 0. The second kappa shape index (κ2) is 3.66. The third-order valence-electron chi connectivity index (χ3n) is 3.63. The average Bonchev–Trinajstić information content (AvgIpc) is 2.72. The van der Waals surface area contributed by atoms with Gasteiger partial charge in [0, 0.05) is 0 Å². The molecule has 2 heteroatoms. The highest BCUT2D eigenvalue weighted by atomic mass is 16.5. The zero-order valence-corrected chi connectivity index (χ0v) is 9.82. The number of rotatable bonds is 3. The fourth-order valence-electron chi connectivity index (χ4n) is 2.75. The van der Waals surface area contributed by atoms with Crippen LogP contribution in [-0.2, 0) is 9.53 Å². The number of hydrogen-bond donors (Lipinski definition) is 0. The van der Waals surface area contributed by atoms with E-state index in [1.807, 2.05) is 0 Å². The Morgan fingerprint density at radius 3 is 2.73 bits per heavy atom. The van der Waals surface area contributed by atoms with E-state index >= 15 is 0 Å². The third kappa shape index (κ3) is 1.82. The summed E-state index contributed by atoms with van der Waals surface area (Å²) in [6, 6.07) is 0. The smallest absolute Gasteiger partial charge is 0.315 e. The molecule has 0 spiro atoms. The summed E-state index contributed by atoms with van der Waals surface area (Å²) in [6.07, 6.45) is 6.24. The van der Waals surface area contributed by atoms with Crippen LogP contribution in [0.5, 0.6) is 0 Å². The molecule has 2 aliphatic carbocycles. The quantitative estimate of drug-likeness (QED) is 0.526. The first kappa shape index (κ1) is 10.7. The average molecular weight is 208 g/mol. The maximum absolute atomic E-state index is 12.0. The number of carbonyl (C=O) groups is 1. The van der Waals surface area contributed by atoms with Gasteiger partial charge in [0.15, 0.2) is 0 Å². The Morgan fingerprint density at radius 1 is 1.53 bits per heavy atom. The predicted octanol–water partition coefficient (Wildman–Crippen LogP) is 2.79. The van der Waals surface area contributed by atoms with Gasteiger partial charge in [-0.2, -0.15) is 0 Å². The molecule has 0 amide bonds. The van der Waals surface area contributed by atoms with Gasteiger partial charge in [0.25, 0.3) is 0 Å². The van der Waals surface area contributed by atoms with Crippen molar-refractivity contribution in [3.63, 3.8) is 0 Å². The molecule has 3 unspecified atom stereocenters. The molecule has 2 bridgehead atoms. The predicted molar refractivity (Wildman–Crippen MR) is 59.3 cm³/mol. The van der Waals surface area contributed by atoms with Gasteiger partial charge < -0.3 is 4.74 Å². The molecule has 0 saturated heterocycles. The lowest BCUT2D eigenvalue weighted by Crippen LogP contribution is -2.29. The van der Waals surface area contributed by atoms with Gasteiger partial charge in [0.05, 0.1) is 12.0 Å². The van der Waals surface area contributed by atoms with E-state index in [0.29, 0.717) is 24.4 Å². The molecular weight excluding hydrogens is 188 g/mol. The first-order valence-electron chi connectivity index (χ1n) is 5.90. The molecule has 15 heavy (non-hydrogen) atoms. The molecule has 0 N–H and O–H groups in total. The van der Waals surface area contributed by atoms with Crippen molar-refractivity contribution in [3.05, 3.63) is 12.2 Å². The first-order valence-corrected chi connectivity index (χ1v) is 5.90. The van der Waals surface area contributed by atoms with Crippen LogP contribution < -0.4 is 0 Å². The van der Waals surface area contributed by atoms with Gasteiger partial charge in [0.2, 0.25) is 0 Å². The Kier molecular flexibility index (Phi) is 2.61. The fourth-order valence-corrected chi connectivity index (χ4v) is 2.75. The molecule has 1 saturated carbocycles. The van der Waals surface area contributed by atoms with E-state index in [1.54, 1.807) is 0 Å². The molecule has 0 aromatic heterocycles. The Labute approximate surface area is 91.7 Å². The van der Waals surface area contributed by atoms with E-state index in [1.165, 1.54) is 0 Å². The molecular formula is C13H20O2. The van der Waals surface area contributed by atoms with Crippen molar-refractivity contribution in [1.82, 2.24) is 0 Å². The molecule has 0 aromatic carbocycles. The number of esters is 1. The lowest BCUT2D eigenvalue weighted by atomic mass is 9.85. The van der Waals surface area contributed by atoms with Crippen molar-refractivity contribution in [2.24, 2.45) is 23.2 Å². The third-order valence-corrected chi connectivity index (χ3v) is 3.63. The summed E-state index contributed by atoms with van der Waals surface area (Å²) in [6.45, 7) is 6.91. The number of carbonyl (C=O) groups excluding carboxylic acids is 1. The number of hydrogen-bond acceptors (Lipinski definition) is 2. The SMILES string of the molecule is CC(C)COC(=O)C12C=CC(C1)C(C)C2. The lowest BCUT2D eigenvalue weighted by molar-refractivity contribution is -0.153. The van der Waals surface area contributed by atoms with Crippen LogP contribution in [0, 0.1) is 23.2 Å². The van der Waals surface area contributed by atoms with Crippen LogP contribution in [0.4, 0.5) is 0 Å². The van der Waals surface area contributed by atoms with Crippen molar-refractivity contribution in [3.8, 4) is 0 Å². The zero-order chi connectivity index (χ0) is 11.1. The van der Waals surface area contributed by atoms with Crippen LogP contribution in [0.3, 0.4) is 0 Å². The Hall–Kier alpha value is -0.790. The topological polar surface area (TPSA) is 26.3 Å². The summed E-state index contributed by atoms with van der Waals surface area (Å²) in [7, 11) is 0. The van der Waals surface area contributed by atoms with Gasteiger partial charge in [-0.05, 0) is 30.6 Å². The van der Waals surface area contributed by atoms with E-state index in [2.05, 4.69) is 32.9 Å². The fraction of sp³-hybridized carbons (Fsp3) is 0.769. The minimum absolute atomic E-state index is 0.000648. The molecule has 2 nitrogen and oxygen atoms in total. The van der Waals surface area contributed by atoms with Crippen molar-refractivity contribution in [2.75, 3.05) is 6.61 Å². The van der Waals surface area contributed by atoms with Crippen molar-refractivity contribution in [1.29, 1.82) is 0 Å². The maximum Gasteiger partial charge on any atom is 0.315 e. The van der Waals surface area contributed by atoms with Crippen LogP contribution in [0.2, 0.25) is 0 Å². The van der Waals surface area contributed by atoms with E-state index in [0.717, 1.165) is 12.8 Å². The summed E-state index contributed by atoms with van der Waals surface area (Å²) in [5.41, 5.74) is -0.265. The monoisotopic (exact) mass is 208 g/mol. The summed E-state index contributed by atoms with van der Waals surface area (Å²) in [5.74, 6) is 1.67. The Balaban J connectivity index is 1.99. The molecule has 2 rings (SSSR count). The zero-order valence-electron chi connectivity index (χ0n) is 9.82. The highest BCUT2D eigenvalue weighted by Gasteiger charge is 2.51. The van der Waals surface area contributed by atoms with Gasteiger partial charge in [0.1, 0.15) is 0 Å². The van der Waals surface area contributed by atoms with Crippen LogP contribution in [-0.4, -0.2) is 12.6 Å². The van der Waals surface area contributed by atoms with Crippen LogP contribution in [0.15, 0.2) is 12.2 Å². The summed E-state index contributed by atoms with van der Waals surface area (Å²) in [5, 5.41) is 0. The summed E-state index contributed by atoms with van der Waals surface area (Å²) < 4.78 is 5.37. The number of ether oxygens (including phenoxy) is 1. The second-order valence-electron chi connectivity index (χ2n) is 5.56. The van der Waals surface area contributed by atoms with Crippen molar-refractivity contribution in [2.45, 2.75) is 33.6 Å². The van der Waals surface area contributed by atoms with Gasteiger partial charge in [-0.15, -0.1) is 0 Å². The lowest BCUT2D eigenvalue weighted by Gasteiger charge is -2.23. The Morgan fingerprint density at radius 2 is 2.27 bits per heavy atom. The minimum Gasteiger partial charge on any atom is -0.465 e. The van der Waals surface area contributed by atoms with Crippen molar-refractivity contribution < 1.29 is 9.53 Å². The normalized spacial score (nSPS) is 37.6. The van der Waals surface area contributed by atoms with E-state index < -0.39 is 0 Å². The van der Waals surface area contributed by atoms with Crippen LogP contribution in [0.25, 0.3) is 0 Å². The molecule has 3 atom stereocenters. The molecule has 84 valence electrons. The molecule has 1 fully saturated rings. The molecule has 2 aliphatic rings. The Bertz CT molecular complexity index is 293. The largest absolute Gasteiger partial charge is 0.465 e. The standard InChI is InChI=1S/C13H20O2/c1-9(2)8-15-12(14)13-5-4-11(7-13)10(3)6-13/h4-5,9-11H,6-8H2,1-3H3. The van der Waals surface area contributed by atoms with Gasteiger partial charge in [-0.25, -0.2) is 0 Å². The number of allylic oxidation sites excluding steroid dienone is 1. The van der Waals surface area contributed by atoms with Crippen molar-refractivity contribution >= 4 is 5.97 Å². The van der Waals surface area contributed by atoms with E-state index in [9.17, 15) is 4.79 Å². The molecule has 0 radical (unpaired) electrons. The van der Waals surface area contributed by atoms with Gasteiger partial charge in [-0.1, -0.05) is 32.9 Å². The minimum atomic E-state index is -0.265. The highest BCUT2D eigenvalue weighted by Crippen LogP contribution is 2.52. The van der Waals surface area contributed by atoms with E-state index in [-0.39, 0.29) is 11.4 Å². The number of fused-ring (bicyclic) bond motifs is 2. The van der Waals surface area contributed by atoms with Crippen LogP contribution in [0.1, 0.15) is 33.6 Å². The van der Waals surface area contributed by atoms with E-state index in [4.69, 9.17) is 4.74 Å². The summed E-state index contributed by atoms with van der Waals surface area (Å²) in [4.78, 5) is 12.0. The maximum atomic E-state index is 12.0. The van der Waals surface area contributed by atoms with Gasteiger partial charge in [-0.3, -0.25) is 4.79 Å². The highest BCUT2D eigenvalue weighted by molar-refractivity contribution is 5.80. The molecule has 0 aliphatic heterocycles. The van der Waals surface area contributed by atoms with Gasteiger partial charge >= 0.3 is 5.97 Å². The first-order chi connectivity index (χ1) is 7.03. The van der Waals surface area contributed by atoms with Crippen LogP contribution >= 0.6 is 0 Å². The second-order valence-corrected chi connectivity index (χ2v) is 5.56. The molecule has 0 heterocycles. The molecule has 0 aromatic rings.